The maximum Gasteiger partial charge on any atom is 0.276 e. The predicted octanol–water partition coefficient (Wildman–Crippen LogP) is 5.72. The lowest BCUT2D eigenvalue weighted by atomic mass is 10.1. The van der Waals surface area contributed by atoms with Crippen LogP contribution in [0.4, 0.5) is 5.69 Å². The number of rotatable bonds is 12. The highest BCUT2D eigenvalue weighted by Gasteiger charge is 2.19. The average molecular weight is 543 g/mol. The third-order valence-electron chi connectivity index (χ3n) is 6.01. The molecule has 39 heavy (non-hydrogen) atoms. The summed E-state index contributed by atoms with van der Waals surface area (Å²) in [7, 11) is -1.22. The molecule has 10 heteroatoms. The Morgan fingerprint density at radius 1 is 1.21 bits per heavy atom. The third kappa shape index (κ3) is 7.66. The first-order valence-corrected chi connectivity index (χ1v) is 16.7. The molecule has 0 bridgehead atoms. The lowest BCUT2D eigenvalue weighted by Gasteiger charge is -2.15. The number of carbonyl (C=O) groups excluding carboxylic acids is 1. The van der Waals surface area contributed by atoms with Gasteiger partial charge in [0.1, 0.15) is 6.73 Å². The van der Waals surface area contributed by atoms with Gasteiger partial charge in [0.05, 0.1) is 48.4 Å². The zero-order chi connectivity index (χ0) is 27.8. The summed E-state index contributed by atoms with van der Waals surface area (Å²) in [4.78, 5) is 13.4. The topological polar surface area (TPSA) is 107 Å². The minimum Gasteiger partial charge on any atom is -0.501 e. The Kier molecular flexibility index (Phi) is 8.96. The molecule has 4 rings (SSSR count). The zero-order valence-corrected chi connectivity index (χ0v) is 23.8. The maximum absolute atomic E-state index is 13.4. The van der Waals surface area contributed by atoms with E-state index in [1.807, 2.05) is 49.4 Å². The van der Waals surface area contributed by atoms with Crippen molar-refractivity contribution in [1.29, 1.82) is 5.26 Å². The van der Waals surface area contributed by atoms with E-state index in [-0.39, 0.29) is 12.6 Å². The van der Waals surface area contributed by atoms with Crippen LogP contribution in [0.25, 0.3) is 17.0 Å². The first kappa shape index (κ1) is 27.8. The van der Waals surface area contributed by atoms with Gasteiger partial charge in [0.25, 0.3) is 5.91 Å². The van der Waals surface area contributed by atoms with Gasteiger partial charge in [-0.3, -0.25) is 9.48 Å². The van der Waals surface area contributed by atoms with Gasteiger partial charge >= 0.3 is 0 Å². The Hall–Kier alpha value is -4.20. The number of hydrogen-bond acceptors (Lipinski definition) is 6. The van der Waals surface area contributed by atoms with Crippen LogP contribution in [0.3, 0.4) is 0 Å². The quantitative estimate of drug-likeness (QED) is 0.139. The number of hydrogen-bond donors (Lipinski definition) is 1. The highest BCUT2D eigenvalue weighted by Crippen LogP contribution is 2.23. The van der Waals surface area contributed by atoms with E-state index in [0.29, 0.717) is 36.7 Å². The molecule has 202 valence electrons. The van der Waals surface area contributed by atoms with Gasteiger partial charge in [-0.15, -0.1) is 0 Å². The van der Waals surface area contributed by atoms with E-state index < -0.39 is 8.07 Å². The van der Waals surface area contributed by atoms with Gasteiger partial charge in [-0.05, 0) is 54.4 Å². The SMILES string of the molecule is CCOC=Cc1ccc2c(c1)c(C(=O)Nc1cnn(Cc3cccc(C#N)c3)c1)nn2COCC[Si](C)(C)C. The highest BCUT2D eigenvalue weighted by molar-refractivity contribution is 6.76. The first-order chi connectivity index (χ1) is 18.8. The second kappa shape index (κ2) is 12.6. The van der Waals surface area contributed by atoms with Gasteiger partial charge in [0.15, 0.2) is 5.69 Å². The Morgan fingerprint density at radius 3 is 2.82 bits per heavy atom. The number of nitrogens with one attached hydrogen (secondary N) is 1. The number of fused-ring (bicyclic) bond motifs is 1. The number of anilines is 1. The zero-order valence-electron chi connectivity index (χ0n) is 22.8. The molecule has 0 aliphatic heterocycles. The number of benzene rings is 2. The van der Waals surface area contributed by atoms with Gasteiger partial charge in [-0.25, -0.2) is 4.68 Å². The van der Waals surface area contributed by atoms with Crippen molar-refractivity contribution < 1.29 is 14.3 Å². The fourth-order valence-electron chi connectivity index (χ4n) is 3.95. The number of nitriles is 1. The number of carbonyl (C=O) groups is 1. The van der Waals surface area contributed by atoms with Crippen molar-refractivity contribution in [2.75, 3.05) is 18.5 Å². The molecular formula is C29H34N6O3Si. The molecule has 2 aromatic heterocycles. The molecule has 0 spiro atoms. The molecule has 9 nitrogen and oxygen atoms in total. The molecule has 0 saturated heterocycles. The summed E-state index contributed by atoms with van der Waals surface area (Å²) < 4.78 is 14.7. The van der Waals surface area contributed by atoms with Crippen molar-refractivity contribution in [3.05, 3.63) is 83.5 Å². The number of nitrogens with zero attached hydrogens (tertiary/aromatic N) is 5. The molecule has 4 aromatic rings. The maximum atomic E-state index is 13.4. The third-order valence-corrected chi connectivity index (χ3v) is 7.72. The molecule has 1 N–H and O–H groups in total. The summed E-state index contributed by atoms with van der Waals surface area (Å²) in [6.07, 6.45) is 6.86. The largest absolute Gasteiger partial charge is 0.501 e. The fourth-order valence-corrected chi connectivity index (χ4v) is 4.71. The normalized spacial score (nSPS) is 11.7. The second-order valence-corrected chi connectivity index (χ2v) is 16.0. The molecule has 0 aliphatic carbocycles. The summed E-state index contributed by atoms with van der Waals surface area (Å²) in [6, 6.07) is 16.4. The minimum atomic E-state index is -1.22. The van der Waals surface area contributed by atoms with E-state index in [2.05, 4.69) is 41.2 Å². The Morgan fingerprint density at radius 2 is 2.05 bits per heavy atom. The van der Waals surface area contributed by atoms with Crippen LogP contribution in [0.5, 0.6) is 0 Å². The summed E-state index contributed by atoms with van der Waals surface area (Å²) in [5.74, 6) is -0.335. The first-order valence-electron chi connectivity index (χ1n) is 12.9. The molecule has 0 unspecified atom stereocenters. The monoisotopic (exact) mass is 542 g/mol. The van der Waals surface area contributed by atoms with Crippen LogP contribution in [-0.4, -0.2) is 46.8 Å². The molecule has 0 aliphatic rings. The Labute approximate surface area is 229 Å². The Bertz CT molecular complexity index is 1510. The molecule has 0 fully saturated rings. The van der Waals surface area contributed by atoms with Crippen molar-refractivity contribution in [3.63, 3.8) is 0 Å². The summed E-state index contributed by atoms with van der Waals surface area (Å²) in [6.45, 7) is 10.8. The van der Waals surface area contributed by atoms with E-state index in [9.17, 15) is 4.79 Å². The summed E-state index contributed by atoms with van der Waals surface area (Å²) in [5, 5.41) is 21.8. The molecule has 0 atom stereocenters. The van der Waals surface area contributed by atoms with E-state index in [1.165, 1.54) is 0 Å². The van der Waals surface area contributed by atoms with Crippen molar-refractivity contribution in [3.8, 4) is 6.07 Å². The second-order valence-electron chi connectivity index (χ2n) is 10.4. The summed E-state index contributed by atoms with van der Waals surface area (Å²) >= 11 is 0. The van der Waals surface area contributed by atoms with Crippen LogP contribution in [0.15, 0.2) is 61.1 Å². The van der Waals surface area contributed by atoms with Crippen LogP contribution in [0.2, 0.25) is 25.7 Å². The van der Waals surface area contributed by atoms with Crippen LogP contribution < -0.4 is 5.32 Å². The molecule has 2 heterocycles. The van der Waals surface area contributed by atoms with Crippen molar-refractivity contribution in [2.24, 2.45) is 0 Å². The smallest absolute Gasteiger partial charge is 0.276 e. The highest BCUT2D eigenvalue weighted by atomic mass is 28.3. The molecule has 0 radical (unpaired) electrons. The van der Waals surface area contributed by atoms with E-state index >= 15 is 0 Å². The molecular weight excluding hydrogens is 508 g/mol. The van der Waals surface area contributed by atoms with Gasteiger partial charge in [-0.2, -0.15) is 15.5 Å². The number of amides is 1. The average Bonchev–Trinajstić information content (AvgIpc) is 3.50. The lowest BCUT2D eigenvalue weighted by molar-refractivity contribution is 0.0809. The minimum absolute atomic E-state index is 0.266. The standard InChI is InChI=1S/C29H34N6O3Si/c1-5-37-12-11-22-9-10-27-26(16-22)28(33-35(27)21-38-13-14-39(2,3)4)29(36)32-25-18-31-34(20-25)19-24-8-6-7-23(15-24)17-30/h6-12,15-16,18,20H,5,13-14,19,21H2,1-4H3,(H,32,36). The van der Waals surface area contributed by atoms with Gasteiger partial charge < -0.3 is 14.8 Å². The van der Waals surface area contributed by atoms with Gasteiger partial charge in [0, 0.05) is 26.3 Å². The van der Waals surface area contributed by atoms with Gasteiger partial charge in [-0.1, -0.05) is 37.8 Å². The van der Waals surface area contributed by atoms with Crippen LogP contribution in [-0.2, 0) is 22.7 Å². The predicted molar refractivity (Wildman–Crippen MR) is 155 cm³/mol. The van der Waals surface area contributed by atoms with Crippen LogP contribution in [0.1, 0.15) is 34.1 Å². The van der Waals surface area contributed by atoms with Crippen molar-refractivity contribution in [1.82, 2.24) is 19.6 Å². The number of ether oxygens (including phenoxy) is 2. The van der Waals surface area contributed by atoms with E-state index in [0.717, 1.165) is 28.1 Å². The van der Waals surface area contributed by atoms with E-state index in [1.54, 1.807) is 34.1 Å². The molecule has 2 aromatic carbocycles. The molecule has 0 saturated carbocycles. The van der Waals surface area contributed by atoms with E-state index in [4.69, 9.17) is 14.7 Å². The van der Waals surface area contributed by atoms with Crippen LogP contribution >= 0.6 is 0 Å². The van der Waals surface area contributed by atoms with Crippen LogP contribution in [0, 0.1) is 11.3 Å². The lowest BCUT2D eigenvalue weighted by Crippen LogP contribution is -2.22. The summed E-state index contributed by atoms with van der Waals surface area (Å²) in [5.41, 5.74) is 4.11. The molecule has 1 amide bonds. The number of aromatic nitrogens is 4. The van der Waals surface area contributed by atoms with Crippen molar-refractivity contribution in [2.45, 2.75) is 45.9 Å². The van der Waals surface area contributed by atoms with Gasteiger partial charge in [0.2, 0.25) is 0 Å². The fraction of sp³-hybridized carbons (Fsp3) is 0.310. The Balaban J connectivity index is 1.54. The van der Waals surface area contributed by atoms with Crippen molar-refractivity contribution >= 4 is 36.6 Å².